The van der Waals surface area contributed by atoms with Crippen LogP contribution < -0.4 is 5.32 Å². The number of fused-ring (bicyclic) bond motifs is 1. The van der Waals surface area contributed by atoms with Crippen molar-refractivity contribution in [2.45, 2.75) is 26.8 Å². The molecule has 0 fully saturated rings. The Balaban J connectivity index is 1.81. The van der Waals surface area contributed by atoms with Crippen molar-refractivity contribution in [1.29, 1.82) is 0 Å². The quantitative estimate of drug-likeness (QED) is 0.496. The van der Waals surface area contributed by atoms with Crippen LogP contribution in [0.5, 0.6) is 0 Å². The van der Waals surface area contributed by atoms with Crippen molar-refractivity contribution in [1.82, 2.24) is 15.0 Å². The standard InChI is InChI=1S/C21H19FN4S/c1-12-14(3)27-21-18(12)20(24-13(2)15-6-8-17(22)9-7-15)25-19(26-21)16-5-4-10-23-11-16/h4-11,13H,1-3H3,(H,24,25,26)/t13-/m0/s1. The van der Waals surface area contributed by atoms with E-state index in [9.17, 15) is 4.39 Å². The number of nitrogens with one attached hydrogen (secondary N) is 1. The van der Waals surface area contributed by atoms with Gasteiger partial charge in [-0.05, 0) is 56.2 Å². The Labute approximate surface area is 161 Å². The number of aryl methyl sites for hydroxylation is 2. The van der Waals surface area contributed by atoms with Gasteiger partial charge < -0.3 is 5.32 Å². The number of rotatable bonds is 4. The van der Waals surface area contributed by atoms with E-state index in [2.05, 4.69) is 24.1 Å². The van der Waals surface area contributed by atoms with Gasteiger partial charge in [-0.25, -0.2) is 14.4 Å². The predicted octanol–water partition coefficient (Wildman–Crippen LogP) is 5.68. The second kappa shape index (κ2) is 7.04. The first-order valence-corrected chi connectivity index (χ1v) is 9.54. The van der Waals surface area contributed by atoms with Crippen LogP contribution in [-0.2, 0) is 0 Å². The Kier molecular flexibility index (Phi) is 4.58. The second-order valence-corrected chi connectivity index (χ2v) is 7.72. The van der Waals surface area contributed by atoms with E-state index in [1.807, 2.05) is 19.1 Å². The van der Waals surface area contributed by atoms with E-state index >= 15 is 0 Å². The zero-order valence-corrected chi connectivity index (χ0v) is 16.1. The highest BCUT2D eigenvalue weighted by molar-refractivity contribution is 7.18. The molecular weight excluding hydrogens is 359 g/mol. The molecule has 0 amide bonds. The summed E-state index contributed by atoms with van der Waals surface area (Å²) in [5, 5.41) is 4.54. The molecule has 0 radical (unpaired) electrons. The van der Waals surface area contributed by atoms with Gasteiger partial charge in [0.1, 0.15) is 16.5 Å². The minimum atomic E-state index is -0.237. The highest BCUT2D eigenvalue weighted by Crippen LogP contribution is 2.36. The number of pyridine rings is 1. The maximum Gasteiger partial charge on any atom is 0.164 e. The first-order chi connectivity index (χ1) is 13.0. The first-order valence-electron chi connectivity index (χ1n) is 8.73. The molecule has 0 bridgehead atoms. The molecule has 0 aliphatic rings. The summed E-state index contributed by atoms with van der Waals surface area (Å²) < 4.78 is 13.2. The number of nitrogens with zero attached hydrogens (tertiary/aromatic N) is 3. The van der Waals surface area contributed by atoms with Crippen LogP contribution >= 0.6 is 11.3 Å². The fraction of sp³-hybridized carbons (Fsp3) is 0.190. The Hall–Kier alpha value is -2.86. The lowest BCUT2D eigenvalue weighted by Gasteiger charge is -2.17. The van der Waals surface area contributed by atoms with Gasteiger partial charge in [-0.2, -0.15) is 0 Å². The number of benzene rings is 1. The summed E-state index contributed by atoms with van der Waals surface area (Å²) >= 11 is 1.67. The summed E-state index contributed by atoms with van der Waals surface area (Å²) in [6.07, 6.45) is 3.50. The van der Waals surface area contributed by atoms with E-state index in [1.54, 1.807) is 35.9 Å². The van der Waals surface area contributed by atoms with Gasteiger partial charge in [-0.15, -0.1) is 11.3 Å². The van der Waals surface area contributed by atoms with E-state index < -0.39 is 0 Å². The zero-order valence-electron chi connectivity index (χ0n) is 15.3. The lowest BCUT2D eigenvalue weighted by atomic mass is 10.1. The van der Waals surface area contributed by atoms with Crippen LogP contribution in [0.4, 0.5) is 10.2 Å². The molecule has 4 nitrogen and oxygen atoms in total. The molecule has 27 heavy (non-hydrogen) atoms. The molecule has 0 aliphatic carbocycles. The summed E-state index contributed by atoms with van der Waals surface area (Å²) in [4.78, 5) is 15.9. The lowest BCUT2D eigenvalue weighted by Crippen LogP contribution is -2.09. The van der Waals surface area contributed by atoms with Gasteiger partial charge in [0.25, 0.3) is 0 Å². The highest BCUT2D eigenvalue weighted by atomic mass is 32.1. The molecule has 136 valence electrons. The number of aromatic nitrogens is 3. The van der Waals surface area contributed by atoms with Crippen LogP contribution in [0.3, 0.4) is 0 Å². The molecule has 0 aliphatic heterocycles. The van der Waals surface area contributed by atoms with Crippen molar-refractivity contribution in [3.63, 3.8) is 0 Å². The third-order valence-electron chi connectivity index (χ3n) is 4.67. The molecule has 4 aromatic rings. The van der Waals surface area contributed by atoms with E-state index in [0.717, 1.165) is 27.2 Å². The van der Waals surface area contributed by atoms with Crippen LogP contribution in [0, 0.1) is 19.7 Å². The Morgan fingerprint density at radius 1 is 1.07 bits per heavy atom. The number of hydrogen-bond donors (Lipinski definition) is 1. The largest absolute Gasteiger partial charge is 0.363 e. The lowest BCUT2D eigenvalue weighted by molar-refractivity contribution is 0.626. The zero-order chi connectivity index (χ0) is 19.0. The van der Waals surface area contributed by atoms with E-state index in [1.165, 1.54) is 22.6 Å². The molecule has 3 aromatic heterocycles. The minimum Gasteiger partial charge on any atom is -0.363 e. The van der Waals surface area contributed by atoms with E-state index in [4.69, 9.17) is 9.97 Å². The SMILES string of the molecule is Cc1sc2nc(-c3cccnc3)nc(N[C@@H](C)c3ccc(F)cc3)c2c1C. The van der Waals surface area contributed by atoms with Crippen molar-refractivity contribution in [3.05, 3.63) is 70.6 Å². The Bertz CT molecular complexity index is 1090. The van der Waals surface area contributed by atoms with E-state index in [-0.39, 0.29) is 11.9 Å². The fourth-order valence-corrected chi connectivity index (χ4v) is 4.05. The van der Waals surface area contributed by atoms with Gasteiger partial charge in [0.2, 0.25) is 0 Å². The molecule has 0 spiro atoms. The summed E-state index contributed by atoms with van der Waals surface area (Å²) in [6.45, 7) is 6.23. The van der Waals surface area contributed by atoms with Crippen LogP contribution in [0.1, 0.15) is 29.0 Å². The number of hydrogen-bond acceptors (Lipinski definition) is 5. The molecule has 1 N–H and O–H groups in total. The maximum absolute atomic E-state index is 13.2. The fourth-order valence-electron chi connectivity index (χ4n) is 3.02. The van der Waals surface area contributed by atoms with Crippen molar-refractivity contribution >= 4 is 27.4 Å². The number of thiophene rings is 1. The first kappa shape index (κ1) is 17.5. The summed E-state index contributed by atoms with van der Waals surface area (Å²) in [6, 6.07) is 10.3. The topological polar surface area (TPSA) is 50.7 Å². The van der Waals surface area contributed by atoms with Crippen molar-refractivity contribution in [3.8, 4) is 11.4 Å². The average molecular weight is 378 g/mol. The van der Waals surface area contributed by atoms with Gasteiger partial charge in [-0.1, -0.05) is 12.1 Å². The van der Waals surface area contributed by atoms with Crippen LogP contribution in [-0.4, -0.2) is 15.0 Å². The van der Waals surface area contributed by atoms with Gasteiger partial charge in [0.05, 0.1) is 5.39 Å². The predicted molar refractivity (Wildman–Crippen MR) is 109 cm³/mol. The minimum absolute atomic E-state index is 0.0231. The Morgan fingerprint density at radius 3 is 2.56 bits per heavy atom. The van der Waals surface area contributed by atoms with Gasteiger partial charge in [0, 0.05) is 28.9 Å². The summed E-state index contributed by atoms with van der Waals surface area (Å²) in [5.74, 6) is 1.20. The summed E-state index contributed by atoms with van der Waals surface area (Å²) in [7, 11) is 0. The van der Waals surface area contributed by atoms with Gasteiger partial charge in [-0.3, -0.25) is 4.98 Å². The maximum atomic E-state index is 13.2. The van der Waals surface area contributed by atoms with Crippen LogP contribution in [0.25, 0.3) is 21.6 Å². The van der Waals surface area contributed by atoms with Gasteiger partial charge >= 0.3 is 0 Å². The van der Waals surface area contributed by atoms with Crippen molar-refractivity contribution in [2.75, 3.05) is 5.32 Å². The molecule has 4 rings (SSSR count). The molecular formula is C21H19FN4S. The number of halogens is 1. The van der Waals surface area contributed by atoms with Crippen LogP contribution in [0.2, 0.25) is 0 Å². The average Bonchev–Trinajstić information content (AvgIpc) is 2.97. The molecule has 0 saturated heterocycles. The van der Waals surface area contributed by atoms with Crippen molar-refractivity contribution in [2.24, 2.45) is 0 Å². The van der Waals surface area contributed by atoms with Gasteiger partial charge in [0.15, 0.2) is 5.82 Å². The summed E-state index contributed by atoms with van der Waals surface area (Å²) in [5.41, 5.74) is 3.05. The molecule has 6 heteroatoms. The molecule has 0 saturated carbocycles. The number of anilines is 1. The molecule has 0 unspecified atom stereocenters. The second-order valence-electron chi connectivity index (χ2n) is 6.52. The smallest absolute Gasteiger partial charge is 0.164 e. The van der Waals surface area contributed by atoms with Crippen LogP contribution in [0.15, 0.2) is 48.8 Å². The Morgan fingerprint density at radius 2 is 1.85 bits per heavy atom. The molecule has 1 aromatic carbocycles. The third kappa shape index (κ3) is 3.40. The van der Waals surface area contributed by atoms with Crippen molar-refractivity contribution < 1.29 is 4.39 Å². The monoisotopic (exact) mass is 378 g/mol. The highest BCUT2D eigenvalue weighted by Gasteiger charge is 2.17. The third-order valence-corrected chi connectivity index (χ3v) is 5.77. The molecule has 3 heterocycles. The van der Waals surface area contributed by atoms with E-state index in [0.29, 0.717) is 5.82 Å². The molecule has 1 atom stereocenters. The normalized spacial score (nSPS) is 12.3.